The molecular formula is C32H28F6N2O4. The van der Waals surface area contributed by atoms with Crippen molar-refractivity contribution in [3.05, 3.63) is 93.3 Å². The van der Waals surface area contributed by atoms with E-state index in [1.165, 1.54) is 11.6 Å². The van der Waals surface area contributed by atoms with Crippen LogP contribution >= 0.6 is 0 Å². The third kappa shape index (κ3) is 6.11. The van der Waals surface area contributed by atoms with Gasteiger partial charge in [0.15, 0.2) is 0 Å². The summed E-state index contributed by atoms with van der Waals surface area (Å²) in [7, 11) is 1.23. The topological polar surface area (TPSA) is 60.8 Å². The van der Waals surface area contributed by atoms with Gasteiger partial charge < -0.3 is 18.9 Å². The van der Waals surface area contributed by atoms with Gasteiger partial charge in [-0.1, -0.05) is 37.6 Å². The normalized spacial score (nSPS) is 13.1. The number of halogens is 6. The Kier molecular flexibility index (Phi) is 8.37. The quantitative estimate of drug-likeness (QED) is 0.151. The van der Waals surface area contributed by atoms with E-state index < -0.39 is 47.1 Å². The first kappa shape index (κ1) is 31.0. The van der Waals surface area contributed by atoms with E-state index in [1.54, 1.807) is 42.5 Å². The molecule has 4 aromatic rings. The van der Waals surface area contributed by atoms with Crippen molar-refractivity contribution in [2.24, 2.45) is 0 Å². The number of rotatable bonds is 8. The largest absolute Gasteiger partial charge is 0.494 e. The van der Waals surface area contributed by atoms with Gasteiger partial charge in [-0.05, 0) is 53.9 Å². The van der Waals surface area contributed by atoms with Crippen molar-refractivity contribution in [3.63, 3.8) is 0 Å². The summed E-state index contributed by atoms with van der Waals surface area (Å²) in [5.74, 6) is 0.0810. The number of carbonyl (C=O) groups excluding carboxylic acids is 1. The van der Waals surface area contributed by atoms with Crippen molar-refractivity contribution in [3.8, 4) is 22.6 Å². The zero-order valence-corrected chi connectivity index (χ0v) is 23.8. The van der Waals surface area contributed by atoms with Crippen LogP contribution in [0, 0.1) is 0 Å². The van der Waals surface area contributed by atoms with Crippen LogP contribution in [0.4, 0.5) is 26.3 Å². The second-order valence-corrected chi connectivity index (χ2v) is 10.5. The Hall–Kier alpha value is -4.48. The summed E-state index contributed by atoms with van der Waals surface area (Å²) in [5.41, 5.74) is -3.10. The monoisotopic (exact) mass is 618 g/mol. The van der Waals surface area contributed by atoms with E-state index in [2.05, 4.69) is 0 Å². The summed E-state index contributed by atoms with van der Waals surface area (Å²) in [4.78, 5) is 29.0. The number of para-hydroxylation sites is 1. The number of hydrogen-bond acceptors (Lipinski definition) is 4. The van der Waals surface area contributed by atoms with Gasteiger partial charge in [0.1, 0.15) is 23.7 Å². The van der Waals surface area contributed by atoms with Crippen molar-refractivity contribution in [1.29, 1.82) is 0 Å². The minimum Gasteiger partial charge on any atom is -0.494 e. The highest BCUT2D eigenvalue weighted by molar-refractivity contribution is 6.10. The summed E-state index contributed by atoms with van der Waals surface area (Å²) in [5, 5.41) is 0.516. The number of alkyl halides is 6. The molecule has 0 unspecified atom stereocenters. The van der Waals surface area contributed by atoms with Crippen LogP contribution in [0.2, 0.25) is 0 Å². The number of pyridine rings is 1. The average Bonchev–Trinajstić information content (AvgIpc) is 2.97. The SMILES string of the molecule is CCCCOc1cccc(-c2c(C(=O)N(C)Cc3cc(C(F)(F)F)cc(C(F)(F)F)c3)c(=O)n3c4c(cccc24)OCC3)c1. The Morgan fingerprint density at radius 2 is 1.66 bits per heavy atom. The molecule has 44 heavy (non-hydrogen) atoms. The van der Waals surface area contributed by atoms with Gasteiger partial charge >= 0.3 is 12.4 Å². The molecule has 0 saturated carbocycles. The summed E-state index contributed by atoms with van der Waals surface area (Å²) < 4.78 is 93.9. The smallest absolute Gasteiger partial charge is 0.416 e. The number of amides is 1. The van der Waals surface area contributed by atoms with Gasteiger partial charge in [-0.25, -0.2) is 0 Å². The van der Waals surface area contributed by atoms with Crippen LogP contribution in [0.1, 0.15) is 46.8 Å². The predicted molar refractivity (Wildman–Crippen MR) is 152 cm³/mol. The van der Waals surface area contributed by atoms with Crippen molar-refractivity contribution in [1.82, 2.24) is 9.47 Å². The lowest BCUT2D eigenvalue weighted by Gasteiger charge is -2.26. The lowest BCUT2D eigenvalue weighted by molar-refractivity contribution is -0.143. The molecular weight excluding hydrogens is 590 g/mol. The molecule has 0 spiro atoms. The number of hydrogen-bond donors (Lipinski definition) is 0. The van der Waals surface area contributed by atoms with E-state index in [9.17, 15) is 35.9 Å². The van der Waals surface area contributed by atoms with Crippen molar-refractivity contribution < 1.29 is 40.6 Å². The van der Waals surface area contributed by atoms with E-state index in [0.717, 1.165) is 17.7 Å². The number of nitrogens with zero attached hydrogens (tertiary/aromatic N) is 2. The van der Waals surface area contributed by atoms with Crippen LogP contribution in [0.5, 0.6) is 11.5 Å². The van der Waals surface area contributed by atoms with E-state index in [0.29, 0.717) is 46.7 Å². The molecule has 0 radical (unpaired) electrons. The van der Waals surface area contributed by atoms with Crippen molar-refractivity contribution in [2.45, 2.75) is 45.2 Å². The fourth-order valence-corrected chi connectivity index (χ4v) is 5.28. The Bertz CT molecular complexity index is 1750. The van der Waals surface area contributed by atoms with Crippen molar-refractivity contribution >= 4 is 16.8 Å². The zero-order valence-electron chi connectivity index (χ0n) is 23.8. The number of aromatic nitrogens is 1. The maximum absolute atomic E-state index is 14.0. The highest BCUT2D eigenvalue weighted by Gasteiger charge is 2.37. The second kappa shape index (κ2) is 11.9. The van der Waals surface area contributed by atoms with E-state index in [4.69, 9.17) is 9.47 Å². The van der Waals surface area contributed by atoms with Crippen LogP contribution in [0.3, 0.4) is 0 Å². The number of benzene rings is 3. The maximum Gasteiger partial charge on any atom is 0.416 e. The van der Waals surface area contributed by atoms with E-state index >= 15 is 0 Å². The number of unbranched alkanes of at least 4 members (excludes halogenated alkanes) is 1. The molecule has 232 valence electrons. The van der Waals surface area contributed by atoms with Gasteiger partial charge in [-0.15, -0.1) is 0 Å². The van der Waals surface area contributed by atoms with Crippen LogP contribution < -0.4 is 15.0 Å². The molecule has 0 saturated heterocycles. The fraction of sp³-hybridized carbons (Fsp3) is 0.312. The third-order valence-corrected chi connectivity index (χ3v) is 7.34. The molecule has 1 aromatic heterocycles. The Labute approximate surface area is 248 Å². The van der Waals surface area contributed by atoms with Gasteiger partial charge in [-0.3, -0.25) is 9.59 Å². The van der Waals surface area contributed by atoms with Gasteiger partial charge in [-0.2, -0.15) is 26.3 Å². The molecule has 1 aliphatic rings. The van der Waals surface area contributed by atoms with Crippen LogP contribution in [-0.4, -0.2) is 35.6 Å². The first-order chi connectivity index (χ1) is 20.8. The molecule has 0 aliphatic carbocycles. The molecule has 1 aliphatic heterocycles. The average molecular weight is 619 g/mol. The van der Waals surface area contributed by atoms with E-state index in [-0.39, 0.29) is 30.3 Å². The van der Waals surface area contributed by atoms with Crippen molar-refractivity contribution in [2.75, 3.05) is 20.3 Å². The molecule has 1 amide bonds. The summed E-state index contributed by atoms with van der Waals surface area (Å²) >= 11 is 0. The van der Waals surface area contributed by atoms with Crippen LogP contribution in [0.25, 0.3) is 22.0 Å². The maximum atomic E-state index is 14.0. The standard InChI is InChI=1S/C32H28F6N2O4/c1-3-4-12-43-23-8-5-7-20(16-23)26-24-9-6-10-25-28(24)40(11-13-44-25)30(42)27(26)29(41)39(2)18-19-14-21(31(33,34)35)17-22(15-19)32(36,37)38/h5-10,14-17H,3-4,11-13,18H2,1-2H3. The van der Waals surface area contributed by atoms with Gasteiger partial charge in [0.2, 0.25) is 0 Å². The van der Waals surface area contributed by atoms with Gasteiger partial charge in [0, 0.05) is 24.5 Å². The van der Waals surface area contributed by atoms with Gasteiger partial charge in [0.05, 0.1) is 29.8 Å². The molecule has 3 aromatic carbocycles. The summed E-state index contributed by atoms with van der Waals surface area (Å²) in [6.07, 6.45) is -8.37. The highest BCUT2D eigenvalue weighted by Crippen LogP contribution is 2.39. The molecule has 0 atom stereocenters. The molecule has 5 rings (SSSR count). The third-order valence-electron chi connectivity index (χ3n) is 7.34. The zero-order chi connectivity index (χ0) is 31.8. The lowest BCUT2D eigenvalue weighted by Crippen LogP contribution is -2.37. The Morgan fingerprint density at radius 1 is 0.977 bits per heavy atom. The molecule has 6 nitrogen and oxygen atoms in total. The summed E-state index contributed by atoms with van der Waals surface area (Å²) in [6.45, 7) is 2.15. The number of ether oxygens (including phenoxy) is 2. The molecule has 0 N–H and O–H groups in total. The predicted octanol–water partition coefficient (Wildman–Crippen LogP) is 7.55. The molecule has 0 bridgehead atoms. The summed E-state index contributed by atoms with van der Waals surface area (Å²) in [6, 6.07) is 13.1. The van der Waals surface area contributed by atoms with Gasteiger partial charge in [0.25, 0.3) is 11.5 Å². The first-order valence-electron chi connectivity index (χ1n) is 13.9. The highest BCUT2D eigenvalue weighted by atomic mass is 19.4. The van der Waals surface area contributed by atoms with Crippen LogP contribution in [-0.2, 0) is 25.4 Å². The second-order valence-electron chi connectivity index (χ2n) is 10.5. The fourth-order valence-electron chi connectivity index (χ4n) is 5.28. The van der Waals surface area contributed by atoms with Crippen LogP contribution in [0.15, 0.2) is 65.5 Å². The minimum absolute atomic E-state index is 0.0269. The first-order valence-corrected chi connectivity index (χ1v) is 13.9. The minimum atomic E-state index is -5.05. The molecule has 0 fully saturated rings. The van der Waals surface area contributed by atoms with E-state index in [1.807, 2.05) is 6.92 Å². The lowest BCUT2D eigenvalue weighted by atomic mass is 9.94. The molecule has 12 heteroatoms. The molecule has 2 heterocycles. The Balaban J connectivity index is 1.65. The number of carbonyl (C=O) groups is 1. The Morgan fingerprint density at radius 3 is 2.32 bits per heavy atom.